The van der Waals surface area contributed by atoms with E-state index in [1.54, 1.807) is 19.3 Å². The molecule has 0 bridgehead atoms. The molecule has 1 aliphatic rings. The number of likely N-dealkylation sites (tertiary alicyclic amines) is 1. The van der Waals surface area contributed by atoms with Crippen molar-refractivity contribution in [3.63, 3.8) is 0 Å². The zero-order chi connectivity index (χ0) is 22.1. The van der Waals surface area contributed by atoms with E-state index in [0.717, 1.165) is 53.0 Å². The van der Waals surface area contributed by atoms with Crippen molar-refractivity contribution in [1.82, 2.24) is 19.5 Å². The van der Waals surface area contributed by atoms with Gasteiger partial charge in [0.1, 0.15) is 5.75 Å². The standard InChI is InChI=1S/C25H28N4O2/c1-6-18-12-20(23(31-5)13-19(18)7-2)25(30)28-11-9-8-10-22(28)21-14-24-26-17(4)16(3)15-29(24)27-21/h6-7,12-15,22H,1-2,8-11H2,3-5H3/t22-/m0/s1. The Hall–Kier alpha value is -3.41. The van der Waals surface area contributed by atoms with E-state index in [4.69, 9.17) is 9.84 Å². The van der Waals surface area contributed by atoms with Crippen LogP contribution in [0.15, 0.2) is 37.6 Å². The van der Waals surface area contributed by atoms with Gasteiger partial charge < -0.3 is 9.64 Å². The Kier molecular flexibility index (Phi) is 5.63. The smallest absolute Gasteiger partial charge is 0.258 e. The molecule has 1 aromatic carbocycles. The molecule has 0 N–H and O–H groups in total. The molecule has 1 saturated heterocycles. The highest BCUT2D eigenvalue weighted by Crippen LogP contribution is 2.34. The molecule has 1 atom stereocenters. The molecule has 0 aliphatic carbocycles. The van der Waals surface area contributed by atoms with Crippen molar-refractivity contribution in [1.29, 1.82) is 0 Å². The molecule has 1 fully saturated rings. The van der Waals surface area contributed by atoms with Crippen LogP contribution >= 0.6 is 0 Å². The molecule has 0 spiro atoms. The molecule has 0 saturated carbocycles. The van der Waals surface area contributed by atoms with Gasteiger partial charge in [0.05, 0.1) is 24.4 Å². The van der Waals surface area contributed by atoms with Crippen LogP contribution in [0.4, 0.5) is 0 Å². The molecule has 1 amide bonds. The van der Waals surface area contributed by atoms with Crippen molar-refractivity contribution < 1.29 is 9.53 Å². The second-order valence-electron chi connectivity index (χ2n) is 7.98. The third kappa shape index (κ3) is 3.74. The normalized spacial score (nSPS) is 16.4. The number of benzene rings is 1. The van der Waals surface area contributed by atoms with Crippen molar-refractivity contribution in [2.75, 3.05) is 13.7 Å². The van der Waals surface area contributed by atoms with Gasteiger partial charge in [-0.15, -0.1) is 0 Å². The fraction of sp³-hybridized carbons (Fsp3) is 0.320. The summed E-state index contributed by atoms with van der Waals surface area (Å²) in [5.41, 5.74) is 6.02. The van der Waals surface area contributed by atoms with Crippen molar-refractivity contribution in [2.24, 2.45) is 0 Å². The maximum absolute atomic E-state index is 13.7. The van der Waals surface area contributed by atoms with E-state index in [1.807, 2.05) is 47.7 Å². The average molecular weight is 417 g/mol. The van der Waals surface area contributed by atoms with Gasteiger partial charge in [0.25, 0.3) is 5.91 Å². The first kappa shape index (κ1) is 20.8. The lowest BCUT2D eigenvalue weighted by Crippen LogP contribution is -2.39. The van der Waals surface area contributed by atoms with E-state index in [1.165, 1.54) is 0 Å². The summed E-state index contributed by atoms with van der Waals surface area (Å²) in [6, 6.07) is 5.58. The number of fused-ring (bicyclic) bond motifs is 1. The number of amides is 1. The summed E-state index contributed by atoms with van der Waals surface area (Å²) >= 11 is 0. The highest BCUT2D eigenvalue weighted by Gasteiger charge is 2.32. The molecule has 3 heterocycles. The maximum atomic E-state index is 13.7. The number of ether oxygens (including phenoxy) is 1. The molecule has 3 aromatic rings. The lowest BCUT2D eigenvalue weighted by atomic mass is 9.96. The van der Waals surface area contributed by atoms with Gasteiger partial charge in [-0.05, 0) is 61.9 Å². The monoisotopic (exact) mass is 416 g/mol. The molecule has 6 heteroatoms. The minimum atomic E-state index is -0.0977. The van der Waals surface area contributed by atoms with Gasteiger partial charge >= 0.3 is 0 Å². The van der Waals surface area contributed by atoms with Crippen LogP contribution in [-0.4, -0.2) is 39.1 Å². The van der Waals surface area contributed by atoms with E-state index in [-0.39, 0.29) is 11.9 Å². The number of aryl methyl sites for hydroxylation is 2. The molecule has 31 heavy (non-hydrogen) atoms. The summed E-state index contributed by atoms with van der Waals surface area (Å²) in [4.78, 5) is 20.3. The number of rotatable bonds is 5. The molecule has 6 nitrogen and oxygen atoms in total. The fourth-order valence-electron chi connectivity index (χ4n) is 4.22. The third-order valence-corrected chi connectivity index (χ3v) is 6.08. The van der Waals surface area contributed by atoms with Gasteiger partial charge in [0.15, 0.2) is 5.65 Å². The average Bonchev–Trinajstić information content (AvgIpc) is 3.20. The first-order valence-electron chi connectivity index (χ1n) is 10.6. The van der Waals surface area contributed by atoms with Crippen LogP contribution in [0.1, 0.15) is 63.7 Å². The van der Waals surface area contributed by atoms with Gasteiger partial charge in [-0.2, -0.15) is 5.10 Å². The molecule has 0 radical (unpaired) electrons. The highest BCUT2D eigenvalue weighted by atomic mass is 16.5. The Morgan fingerprint density at radius 1 is 1.16 bits per heavy atom. The zero-order valence-corrected chi connectivity index (χ0v) is 18.4. The maximum Gasteiger partial charge on any atom is 0.258 e. The molecule has 0 unspecified atom stereocenters. The van der Waals surface area contributed by atoms with Gasteiger partial charge in [-0.1, -0.05) is 25.3 Å². The molecule has 1 aliphatic heterocycles. The zero-order valence-electron chi connectivity index (χ0n) is 18.4. The summed E-state index contributed by atoms with van der Waals surface area (Å²) in [5, 5.41) is 4.77. The van der Waals surface area contributed by atoms with E-state index in [2.05, 4.69) is 18.1 Å². The van der Waals surface area contributed by atoms with E-state index in [0.29, 0.717) is 17.9 Å². The number of methoxy groups -OCH3 is 1. The van der Waals surface area contributed by atoms with Crippen molar-refractivity contribution in [3.8, 4) is 5.75 Å². The largest absolute Gasteiger partial charge is 0.496 e. The topological polar surface area (TPSA) is 59.7 Å². The van der Waals surface area contributed by atoms with E-state index < -0.39 is 0 Å². The van der Waals surface area contributed by atoms with Crippen molar-refractivity contribution in [2.45, 2.75) is 39.2 Å². The minimum absolute atomic E-state index is 0.0577. The van der Waals surface area contributed by atoms with E-state index >= 15 is 0 Å². The van der Waals surface area contributed by atoms with Gasteiger partial charge in [-0.25, -0.2) is 9.50 Å². The number of carbonyl (C=O) groups excluding carboxylic acids is 1. The number of hydrogen-bond donors (Lipinski definition) is 0. The molecular formula is C25H28N4O2. The minimum Gasteiger partial charge on any atom is -0.496 e. The van der Waals surface area contributed by atoms with Gasteiger partial charge in [0.2, 0.25) is 0 Å². The molecule has 2 aromatic heterocycles. The lowest BCUT2D eigenvalue weighted by Gasteiger charge is -2.35. The SMILES string of the molecule is C=Cc1cc(OC)c(C(=O)N2CCCC[C@H]2c2cc3nc(C)c(C)cn3n2)cc1C=C. The Bertz CT molecular complexity index is 1140. The van der Waals surface area contributed by atoms with Gasteiger partial charge in [0, 0.05) is 24.5 Å². The molecular weight excluding hydrogens is 388 g/mol. The number of aromatic nitrogens is 3. The summed E-state index contributed by atoms with van der Waals surface area (Å²) in [6.45, 7) is 12.4. The fourth-order valence-corrected chi connectivity index (χ4v) is 4.22. The van der Waals surface area contributed by atoms with Crippen molar-refractivity contribution in [3.05, 3.63) is 71.2 Å². The van der Waals surface area contributed by atoms with E-state index in [9.17, 15) is 4.79 Å². The summed E-state index contributed by atoms with van der Waals surface area (Å²) in [5.74, 6) is 0.482. The second kappa shape index (κ2) is 8.38. The Morgan fingerprint density at radius 2 is 1.90 bits per heavy atom. The summed E-state index contributed by atoms with van der Waals surface area (Å²) in [6.07, 6.45) is 8.36. The third-order valence-electron chi connectivity index (χ3n) is 6.08. The Morgan fingerprint density at radius 3 is 2.61 bits per heavy atom. The van der Waals surface area contributed by atoms with Gasteiger partial charge in [-0.3, -0.25) is 4.79 Å². The summed E-state index contributed by atoms with van der Waals surface area (Å²) in [7, 11) is 1.58. The highest BCUT2D eigenvalue weighted by molar-refractivity contribution is 5.98. The Balaban J connectivity index is 1.75. The van der Waals surface area contributed by atoms with Crippen LogP contribution < -0.4 is 4.74 Å². The summed E-state index contributed by atoms with van der Waals surface area (Å²) < 4.78 is 7.37. The van der Waals surface area contributed by atoms with Crippen LogP contribution in [0.3, 0.4) is 0 Å². The number of piperidine rings is 1. The lowest BCUT2D eigenvalue weighted by molar-refractivity contribution is 0.0602. The first-order valence-corrected chi connectivity index (χ1v) is 10.6. The number of nitrogens with zero attached hydrogens (tertiary/aromatic N) is 4. The predicted molar refractivity (Wildman–Crippen MR) is 123 cm³/mol. The van der Waals surface area contributed by atoms with Crippen molar-refractivity contribution >= 4 is 23.7 Å². The molecule has 4 rings (SSSR count). The number of hydrogen-bond acceptors (Lipinski definition) is 4. The number of carbonyl (C=O) groups is 1. The molecule has 160 valence electrons. The quantitative estimate of drug-likeness (QED) is 0.587. The van der Waals surface area contributed by atoms with Crippen LogP contribution in [0.25, 0.3) is 17.8 Å². The van der Waals surface area contributed by atoms with Crippen LogP contribution in [0, 0.1) is 13.8 Å². The Labute approximate surface area is 182 Å². The van der Waals surface area contributed by atoms with Crippen LogP contribution in [-0.2, 0) is 0 Å². The first-order chi connectivity index (χ1) is 15.0. The second-order valence-corrected chi connectivity index (χ2v) is 7.98. The van der Waals surface area contributed by atoms with Crippen LogP contribution in [0.2, 0.25) is 0 Å². The van der Waals surface area contributed by atoms with Crippen LogP contribution in [0.5, 0.6) is 5.75 Å². The predicted octanol–water partition coefficient (Wildman–Crippen LogP) is 5.01.